The number of thioether (sulfide) groups is 1. The van der Waals surface area contributed by atoms with E-state index >= 15 is 0 Å². The van der Waals surface area contributed by atoms with Crippen LogP contribution in [0.3, 0.4) is 0 Å². The van der Waals surface area contributed by atoms with E-state index < -0.39 is 6.04 Å². The normalized spacial score (nSPS) is 11.7. The number of carbonyl (C=O) groups is 2. The van der Waals surface area contributed by atoms with E-state index in [9.17, 15) is 9.59 Å². The Kier molecular flexibility index (Phi) is 9.95. The van der Waals surface area contributed by atoms with Crippen LogP contribution in [0.1, 0.15) is 49.8 Å². The van der Waals surface area contributed by atoms with Crippen LogP contribution in [-0.4, -0.2) is 35.1 Å². The van der Waals surface area contributed by atoms with E-state index in [-0.39, 0.29) is 11.8 Å². The average Bonchev–Trinajstić information content (AvgIpc) is 2.74. The Morgan fingerprint density at radius 1 is 1.00 bits per heavy atom. The summed E-state index contributed by atoms with van der Waals surface area (Å²) in [7, 11) is 0. The number of nitrogens with zero attached hydrogens (tertiary/aromatic N) is 1. The lowest BCUT2D eigenvalue weighted by molar-refractivity contribution is -0.140. The number of unbranched alkanes of at least 4 members (excludes halogenated alkanes) is 1. The van der Waals surface area contributed by atoms with Gasteiger partial charge in [-0.3, -0.25) is 9.59 Å². The second kappa shape index (κ2) is 12.4. The molecular weight excluding hydrogens is 392 g/mol. The Labute approximate surface area is 185 Å². The van der Waals surface area contributed by atoms with Crippen molar-refractivity contribution in [2.75, 3.05) is 12.3 Å². The molecule has 0 aliphatic heterocycles. The van der Waals surface area contributed by atoms with Gasteiger partial charge in [-0.05, 0) is 44.9 Å². The first-order chi connectivity index (χ1) is 14.4. The molecule has 30 heavy (non-hydrogen) atoms. The van der Waals surface area contributed by atoms with Crippen LogP contribution in [0, 0.1) is 13.8 Å². The molecule has 4 nitrogen and oxygen atoms in total. The Bertz CT molecular complexity index is 803. The maximum absolute atomic E-state index is 13.1. The third-order valence-electron chi connectivity index (χ3n) is 5.08. The predicted octanol–water partition coefficient (Wildman–Crippen LogP) is 5.12. The van der Waals surface area contributed by atoms with Crippen LogP contribution in [0.4, 0.5) is 0 Å². The van der Waals surface area contributed by atoms with Gasteiger partial charge in [0, 0.05) is 30.2 Å². The Morgan fingerprint density at radius 2 is 1.60 bits per heavy atom. The summed E-state index contributed by atoms with van der Waals surface area (Å²) < 4.78 is 0. The molecule has 0 aromatic heterocycles. The lowest BCUT2D eigenvalue weighted by Crippen LogP contribution is -2.47. The summed E-state index contributed by atoms with van der Waals surface area (Å²) in [5.41, 5.74) is 3.44. The first kappa shape index (κ1) is 24.0. The van der Waals surface area contributed by atoms with Gasteiger partial charge >= 0.3 is 0 Å². The maximum Gasteiger partial charge on any atom is 0.242 e. The summed E-state index contributed by atoms with van der Waals surface area (Å²) in [4.78, 5) is 28.6. The molecule has 0 fully saturated rings. The van der Waals surface area contributed by atoms with E-state index in [1.54, 1.807) is 16.7 Å². The van der Waals surface area contributed by atoms with E-state index in [0.29, 0.717) is 25.3 Å². The molecule has 0 radical (unpaired) electrons. The van der Waals surface area contributed by atoms with Gasteiger partial charge in [0.1, 0.15) is 6.04 Å². The van der Waals surface area contributed by atoms with Gasteiger partial charge in [-0.2, -0.15) is 0 Å². The molecule has 2 aromatic rings. The number of carbonyl (C=O) groups excluding carboxylic acids is 2. The zero-order valence-electron chi connectivity index (χ0n) is 18.6. The van der Waals surface area contributed by atoms with Crippen LogP contribution >= 0.6 is 11.8 Å². The number of rotatable bonds is 11. The van der Waals surface area contributed by atoms with Crippen LogP contribution in [-0.2, 0) is 16.1 Å². The van der Waals surface area contributed by atoms with Gasteiger partial charge in [0.15, 0.2) is 0 Å². The van der Waals surface area contributed by atoms with Gasteiger partial charge in [-0.15, -0.1) is 11.8 Å². The predicted molar refractivity (Wildman–Crippen MR) is 126 cm³/mol. The molecule has 162 valence electrons. The van der Waals surface area contributed by atoms with Crippen molar-refractivity contribution in [2.24, 2.45) is 0 Å². The summed E-state index contributed by atoms with van der Waals surface area (Å²) >= 11 is 1.67. The number of hydrogen-bond acceptors (Lipinski definition) is 3. The highest BCUT2D eigenvalue weighted by molar-refractivity contribution is 7.99. The van der Waals surface area contributed by atoms with Crippen molar-refractivity contribution in [3.63, 3.8) is 0 Å². The van der Waals surface area contributed by atoms with Gasteiger partial charge in [0.2, 0.25) is 11.8 Å². The van der Waals surface area contributed by atoms with Crippen molar-refractivity contribution in [2.45, 2.75) is 64.4 Å². The topological polar surface area (TPSA) is 49.4 Å². The van der Waals surface area contributed by atoms with Crippen LogP contribution in [0.25, 0.3) is 0 Å². The van der Waals surface area contributed by atoms with Gasteiger partial charge in [0.25, 0.3) is 0 Å². The zero-order chi connectivity index (χ0) is 21.9. The fraction of sp³-hybridized carbons (Fsp3) is 0.440. The van der Waals surface area contributed by atoms with Gasteiger partial charge in [-0.1, -0.05) is 60.9 Å². The fourth-order valence-corrected chi connectivity index (χ4v) is 3.88. The number of hydrogen-bond donors (Lipinski definition) is 1. The third-order valence-corrected chi connectivity index (χ3v) is 6.09. The fourth-order valence-electron chi connectivity index (χ4n) is 3.04. The van der Waals surface area contributed by atoms with Crippen molar-refractivity contribution >= 4 is 23.6 Å². The van der Waals surface area contributed by atoms with Crippen LogP contribution < -0.4 is 5.32 Å². The molecule has 0 heterocycles. The first-order valence-electron chi connectivity index (χ1n) is 10.7. The highest BCUT2D eigenvalue weighted by Gasteiger charge is 2.25. The number of aryl methyl sites for hydroxylation is 2. The number of nitrogens with one attached hydrogen (secondary N) is 1. The van der Waals surface area contributed by atoms with E-state index in [1.807, 2.05) is 38.1 Å². The van der Waals surface area contributed by atoms with Crippen LogP contribution in [0.5, 0.6) is 0 Å². The smallest absolute Gasteiger partial charge is 0.242 e. The third kappa shape index (κ3) is 7.86. The van der Waals surface area contributed by atoms with E-state index in [0.717, 1.165) is 23.3 Å². The molecule has 0 aliphatic rings. The first-order valence-corrected chi connectivity index (χ1v) is 11.7. The highest BCUT2D eigenvalue weighted by Crippen LogP contribution is 2.20. The van der Waals surface area contributed by atoms with E-state index in [4.69, 9.17) is 0 Å². The maximum atomic E-state index is 13.1. The highest BCUT2D eigenvalue weighted by atomic mass is 32.2. The van der Waals surface area contributed by atoms with Crippen molar-refractivity contribution < 1.29 is 9.59 Å². The SMILES string of the molecule is CCCCNC(=O)[C@@H](C)N(Cc1ccc(C)cc1)C(=O)CCSc1ccc(C)cc1. The summed E-state index contributed by atoms with van der Waals surface area (Å²) in [6.45, 7) is 9.11. The van der Waals surface area contributed by atoms with E-state index in [1.165, 1.54) is 11.1 Å². The van der Waals surface area contributed by atoms with Crippen molar-refractivity contribution in [1.29, 1.82) is 0 Å². The lowest BCUT2D eigenvalue weighted by Gasteiger charge is -2.29. The molecule has 1 atom stereocenters. The minimum absolute atomic E-state index is 0.00771. The number of benzene rings is 2. The average molecular weight is 427 g/mol. The van der Waals surface area contributed by atoms with Crippen molar-refractivity contribution in [3.05, 3.63) is 65.2 Å². The molecular formula is C25H34N2O2S. The van der Waals surface area contributed by atoms with Gasteiger partial charge in [-0.25, -0.2) is 0 Å². The summed E-state index contributed by atoms with van der Waals surface area (Å²) in [5, 5.41) is 2.96. The van der Waals surface area contributed by atoms with E-state index in [2.05, 4.69) is 43.4 Å². The standard InChI is InChI=1S/C25H34N2O2S/c1-5-6-16-26-25(29)21(4)27(18-22-11-7-19(2)8-12-22)24(28)15-17-30-23-13-9-20(3)10-14-23/h7-14,21H,5-6,15-18H2,1-4H3,(H,26,29)/t21-/m1/s1. The quantitative estimate of drug-likeness (QED) is 0.401. The molecule has 2 amide bonds. The van der Waals surface area contributed by atoms with Gasteiger partial charge in [0.05, 0.1) is 0 Å². The Balaban J connectivity index is 2.02. The van der Waals surface area contributed by atoms with Crippen LogP contribution in [0.15, 0.2) is 53.4 Å². The minimum Gasteiger partial charge on any atom is -0.354 e. The second-order valence-corrected chi connectivity index (χ2v) is 8.91. The number of amides is 2. The largest absolute Gasteiger partial charge is 0.354 e. The second-order valence-electron chi connectivity index (χ2n) is 7.74. The molecule has 0 aliphatic carbocycles. The van der Waals surface area contributed by atoms with Crippen molar-refractivity contribution in [3.8, 4) is 0 Å². The Morgan fingerprint density at radius 3 is 2.20 bits per heavy atom. The molecule has 0 unspecified atom stereocenters. The Hall–Kier alpha value is -2.27. The molecule has 2 rings (SSSR count). The lowest BCUT2D eigenvalue weighted by atomic mass is 10.1. The minimum atomic E-state index is -0.500. The summed E-state index contributed by atoms with van der Waals surface area (Å²) in [6.07, 6.45) is 2.37. The zero-order valence-corrected chi connectivity index (χ0v) is 19.4. The van der Waals surface area contributed by atoms with Crippen LogP contribution in [0.2, 0.25) is 0 Å². The summed E-state index contributed by atoms with van der Waals surface area (Å²) in [6, 6.07) is 16.0. The monoisotopic (exact) mass is 426 g/mol. The van der Waals surface area contributed by atoms with Gasteiger partial charge < -0.3 is 10.2 Å². The molecule has 0 spiro atoms. The molecule has 1 N–H and O–H groups in total. The molecule has 5 heteroatoms. The molecule has 0 bridgehead atoms. The summed E-state index contributed by atoms with van der Waals surface area (Å²) in [5.74, 6) is 0.611. The van der Waals surface area contributed by atoms with Crippen molar-refractivity contribution in [1.82, 2.24) is 10.2 Å². The molecule has 2 aromatic carbocycles. The molecule has 0 saturated heterocycles. The molecule has 0 saturated carbocycles.